The second-order valence-corrected chi connectivity index (χ2v) is 10.2. The molecule has 2 heterocycles. The summed E-state index contributed by atoms with van der Waals surface area (Å²) in [5, 5.41) is 13.7. The SMILES string of the molecule is Cn1c(N2CCCCS2(O)O)nc(C(=O)NCCCc2ccc(Cl)c(Cl)c2)c(O)c1=O. The molecule has 1 aromatic carbocycles. The number of hydrogen-bond acceptors (Lipinski definition) is 7. The number of carbonyl (C=O) groups excluding carboxylic acids is 1. The lowest BCUT2D eigenvalue weighted by atomic mass is 10.1. The van der Waals surface area contributed by atoms with Crippen LogP contribution in [0.4, 0.5) is 5.95 Å². The Hall–Kier alpha value is -1.98. The Kier molecular flexibility index (Phi) is 7.38. The molecule has 1 fully saturated rings. The lowest BCUT2D eigenvalue weighted by Crippen LogP contribution is -2.40. The smallest absolute Gasteiger partial charge is 0.297 e. The monoisotopic (exact) mass is 490 g/mol. The summed E-state index contributed by atoms with van der Waals surface area (Å²) in [4.78, 5) is 29.1. The van der Waals surface area contributed by atoms with E-state index in [4.69, 9.17) is 23.2 Å². The quantitative estimate of drug-likeness (QED) is 0.456. The average molecular weight is 491 g/mol. The van der Waals surface area contributed by atoms with Gasteiger partial charge in [-0.3, -0.25) is 23.3 Å². The zero-order valence-corrected chi connectivity index (χ0v) is 19.2. The van der Waals surface area contributed by atoms with E-state index in [2.05, 4.69) is 10.3 Å². The zero-order valence-electron chi connectivity index (χ0n) is 16.8. The molecular weight excluding hydrogens is 467 g/mol. The van der Waals surface area contributed by atoms with Gasteiger partial charge in [0.15, 0.2) is 5.69 Å². The minimum absolute atomic E-state index is 0.0662. The number of halogens is 2. The number of aryl methyl sites for hydroxylation is 1. The fraction of sp³-hybridized carbons (Fsp3) is 0.421. The number of anilines is 1. The lowest BCUT2D eigenvalue weighted by molar-refractivity contribution is 0.0944. The summed E-state index contributed by atoms with van der Waals surface area (Å²) in [6.07, 6.45) is 2.53. The van der Waals surface area contributed by atoms with E-state index in [1.54, 1.807) is 12.1 Å². The largest absolute Gasteiger partial charge is 0.501 e. The van der Waals surface area contributed by atoms with Crippen LogP contribution < -0.4 is 15.2 Å². The number of benzene rings is 1. The first kappa shape index (κ1) is 23.7. The number of nitrogens with one attached hydrogen (secondary N) is 1. The molecule has 4 N–H and O–H groups in total. The molecule has 0 radical (unpaired) electrons. The number of rotatable bonds is 6. The third-order valence-corrected chi connectivity index (χ3v) is 7.60. The molecule has 1 amide bonds. The summed E-state index contributed by atoms with van der Waals surface area (Å²) < 4.78 is 22.9. The van der Waals surface area contributed by atoms with Gasteiger partial charge in [0.25, 0.3) is 11.5 Å². The minimum Gasteiger partial charge on any atom is -0.501 e. The van der Waals surface area contributed by atoms with E-state index in [0.29, 0.717) is 35.7 Å². The molecule has 1 saturated heterocycles. The van der Waals surface area contributed by atoms with Crippen molar-refractivity contribution in [1.29, 1.82) is 0 Å². The number of carbonyl (C=O) groups is 1. The van der Waals surface area contributed by atoms with Crippen LogP contribution in [0.5, 0.6) is 5.75 Å². The van der Waals surface area contributed by atoms with E-state index in [1.807, 2.05) is 6.07 Å². The molecular formula is C19H24Cl2N4O5S. The van der Waals surface area contributed by atoms with E-state index in [1.165, 1.54) is 11.4 Å². The van der Waals surface area contributed by atoms with Gasteiger partial charge in [0.2, 0.25) is 11.7 Å². The van der Waals surface area contributed by atoms with Crippen LogP contribution in [-0.4, -0.2) is 48.5 Å². The number of nitrogens with zero attached hydrogens (tertiary/aromatic N) is 3. The maximum Gasteiger partial charge on any atom is 0.297 e. The van der Waals surface area contributed by atoms with Gasteiger partial charge in [0.05, 0.1) is 15.8 Å². The van der Waals surface area contributed by atoms with Gasteiger partial charge in [0.1, 0.15) is 0 Å². The number of hydrogen-bond donors (Lipinski definition) is 4. The van der Waals surface area contributed by atoms with E-state index < -0.39 is 33.7 Å². The van der Waals surface area contributed by atoms with Crippen molar-refractivity contribution in [2.24, 2.45) is 7.05 Å². The van der Waals surface area contributed by atoms with Gasteiger partial charge in [-0.15, -0.1) is 10.8 Å². The first-order chi connectivity index (χ1) is 14.6. The fourth-order valence-electron chi connectivity index (χ4n) is 3.27. The van der Waals surface area contributed by atoms with Crippen LogP contribution in [0, 0.1) is 0 Å². The molecule has 0 spiro atoms. The second-order valence-electron chi connectivity index (χ2n) is 7.23. The van der Waals surface area contributed by atoms with Crippen LogP contribution in [0.2, 0.25) is 10.0 Å². The van der Waals surface area contributed by atoms with Crippen molar-refractivity contribution in [3.63, 3.8) is 0 Å². The average Bonchev–Trinajstić information content (AvgIpc) is 2.72. The van der Waals surface area contributed by atoms with E-state index in [-0.39, 0.29) is 24.8 Å². The Morgan fingerprint density at radius 1 is 1.26 bits per heavy atom. The van der Waals surface area contributed by atoms with Gasteiger partial charge >= 0.3 is 0 Å². The molecule has 9 nitrogen and oxygen atoms in total. The topological polar surface area (TPSA) is 128 Å². The summed E-state index contributed by atoms with van der Waals surface area (Å²) in [6.45, 7) is 0.543. The standard InChI is InChI=1S/C19H24Cl2N4O5S/c1-24-18(28)16(26)15(23-19(24)25-9-2-3-10-31(25,29)30)17(27)22-8-4-5-12-6-7-13(20)14(21)11-12/h6-7,11,26,29-30H,2-5,8-10H2,1H3,(H,22,27). The predicted molar refractivity (Wildman–Crippen MR) is 123 cm³/mol. The molecule has 0 atom stereocenters. The third kappa shape index (κ3) is 5.27. The van der Waals surface area contributed by atoms with Gasteiger partial charge < -0.3 is 10.4 Å². The van der Waals surface area contributed by atoms with Crippen LogP contribution in [0.3, 0.4) is 0 Å². The molecule has 31 heavy (non-hydrogen) atoms. The zero-order chi connectivity index (χ0) is 22.8. The number of amides is 1. The highest BCUT2D eigenvalue weighted by Gasteiger charge is 2.31. The number of aromatic nitrogens is 2. The minimum atomic E-state index is -3.15. The summed E-state index contributed by atoms with van der Waals surface area (Å²) in [5.41, 5.74) is -0.337. The summed E-state index contributed by atoms with van der Waals surface area (Å²) in [6, 6.07) is 5.29. The molecule has 1 aliphatic rings. The van der Waals surface area contributed by atoms with Crippen molar-refractivity contribution in [3.8, 4) is 5.75 Å². The maximum absolute atomic E-state index is 12.6. The molecule has 0 saturated carbocycles. The van der Waals surface area contributed by atoms with Crippen molar-refractivity contribution in [2.45, 2.75) is 25.7 Å². The highest BCUT2D eigenvalue weighted by Crippen LogP contribution is 2.48. The van der Waals surface area contributed by atoms with E-state index in [0.717, 1.165) is 10.1 Å². The molecule has 2 aromatic rings. The Labute approximate surface area is 191 Å². The van der Waals surface area contributed by atoms with Crippen LogP contribution >= 0.6 is 34.0 Å². The fourth-order valence-corrected chi connectivity index (χ4v) is 5.25. The molecule has 0 aliphatic carbocycles. The summed E-state index contributed by atoms with van der Waals surface area (Å²) >= 11 is 11.9. The molecule has 0 unspecified atom stereocenters. The summed E-state index contributed by atoms with van der Waals surface area (Å²) in [5.74, 6) is -1.43. The van der Waals surface area contributed by atoms with Crippen LogP contribution in [0.1, 0.15) is 35.3 Å². The van der Waals surface area contributed by atoms with Crippen molar-refractivity contribution >= 4 is 45.8 Å². The normalized spacial score (nSPS) is 16.7. The molecule has 1 aliphatic heterocycles. The van der Waals surface area contributed by atoms with Crippen LogP contribution in [-0.2, 0) is 13.5 Å². The van der Waals surface area contributed by atoms with Gasteiger partial charge in [-0.2, -0.15) is 0 Å². The molecule has 1 aromatic heterocycles. The Balaban J connectivity index is 1.72. The maximum atomic E-state index is 12.6. The van der Waals surface area contributed by atoms with Crippen molar-refractivity contribution < 1.29 is 19.0 Å². The number of aromatic hydroxyl groups is 1. The predicted octanol–water partition coefficient (Wildman–Crippen LogP) is 3.42. The van der Waals surface area contributed by atoms with Crippen molar-refractivity contribution in [3.05, 3.63) is 49.9 Å². The van der Waals surface area contributed by atoms with E-state index in [9.17, 15) is 23.8 Å². The van der Waals surface area contributed by atoms with Crippen LogP contribution in [0.15, 0.2) is 23.0 Å². The third-order valence-electron chi connectivity index (χ3n) is 4.98. The van der Waals surface area contributed by atoms with Crippen molar-refractivity contribution in [1.82, 2.24) is 14.9 Å². The first-order valence-corrected chi connectivity index (χ1v) is 12.1. The van der Waals surface area contributed by atoms with Gasteiger partial charge in [0, 0.05) is 20.1 Å². The molecule has 0 bridgehead atoms. The van der Waals surface area contributed by atoms with Gasteiger partial charge in [-0.1, -0.05) is 29.3 Å². The van der Waals surface area contributed by atoms with Crippen LogP contribution in [0.25, 0.3) is 0 Å². The molecule has 170 valence electrons. The van der Waals surface area contributed by atoms with Crippen molar-refractivity contribution in [2.75, 3.05) is 23.1 Å². The Morgan fingerprint density at radius 3 is 2.68 bits per heavy atom. The summed E-state index contributed by atoms with van der Waals surface area (Å²) in [7, 11) is -1.80. The van der Waals surface area contributed by atoms with Gasteiger partial charge in [-0.25, -0.2) is 9.29 Å². The Morgan fingerprint density at radius 2 is 2.00 bits per heavy atom. The Bertz CT molecular complexity index is 1050. The first-order valence-electron chi connectivity index (χ1n) is 9.67. The van der Waals surface area contributed by atoms with E-state index >= 15 is 0 Å². The highest BCUT2D eigenvalue weighted by molar-refractivity contribution is 8.25. The van der Waals surface area contributed by atoms with Gasteiger partial charge in [-0.05, 0) is 43.4 Å². The lowest BCUT2D eigenvalue weighted by Gasteiger charge is -2.46. The molecule has 12 heteroatoms. The highest BCUT2D eigenvalue weighted by atomic mass is 35.5. The second kappa shape index (κ2) is 9.66. The molecule has 3 rings (SSSR count).